The molecule has 0 atom stereocenters. The Morgan fingerprint density at radius 2 is 2.10 bits per heavy atom. The summed E-state index contributed by atoms with van der Waals surface area (Å²) in [5, 5.41) is 11.2. The predicted octanol–water partition coefficient (Wildman–Crippen LogP) is 1.82. The third kappa shape index (κ3) is 2.57. The van der Waals surface area contributed by atoms with Gasteiger partial charge in [-0.2, -0.15) is 5.26 Å². The Labute approximate surface area is 123 Å². The number of nitrogens with zero attached hydrogens (tertiary/aromatic N) is 5. The van der Waals surface area contributed by atoms with Gasteiger partial charge in [-0.15, -0.1) is 11.3 Å². The minimum absolute atomic E-state index is 0.358. The van der Waals surface area contributed by atoms with Crippen LogP contribution in [0.4, 0.5) is 0 Å². The summed E-state index contributed by atoms with van der Waals surface area (Å²) in [4.78, 5) is 10.4. The zero-order chi connectivity index (χ0) is 14.2. The van der Waals surface area contributed by atoms with Crippen molar-refractivity contribution < 1.29 is 0 Å². The molecule has 0 unspecified atom stereocenters. The van der Waals surface area contributed by atoms with E-state index in [1.165, 1.54) is 0 Å². The van der Waals surface area contributed by atoms with Gasteiger partial charge in [0.2, 0.25) is 0 Å². The molecule has 0 N–H and O–H groups in total. The summed E-state index contributed by atoms with van der Waals surface area (Å²) in [6.07, 6.45) is 4.15. The van der Waals surface area contributed by atoms with Crippen molar-refractivity contribution in [1.82, 2.24) is 19.2 Å². The van der Waals surface area contributed by atoms with Gasteiger partial charge >= 0.3 is 0 Å². The lowest BCUT2D eigenvalue weighted by Gasteiger charge is -2.40. The lowest BCUT2D eigenvalue weighted by atomic mass is 10.0. The van der Waals surface area contributed by atoms with Crippen LogP contribution in [0.2, 0.25) is 0 Å². The van der Waals surface area contributed by atoms with Gasteiger partial charge in [0.15, 0.2) is 4.96 Å². The molecule has 6 heteroatoms. The molecule has 0 aromatic carbocycles. The Hall–Kier alpha value is -1.42. The second-order valence-electron chi connectivity index (χ2n) is 5.76. The van der Waals surface area contributed by atoms with Crippen LogP contribution in [0.15, 0.2) is 17.8 Å². The highest BCUT2D eigenvalue weighted by molar-refractivity contribution is 7.15. The molecular weight excluding hydrogens is 270 g/mol. The second-order valence-corrected chi connectivity index (χ2v) is 6.63. The topological polar surface area (TPSA) is 47.6 Å². The van der Waals surface area contributed by atoms with Crippen LogP contribution < -0.4 is 0 Å². The molecule has 3 rings (SSSR count). The molecule has 0 radical (unpaired) electrons. The molecule has 3 heterocycles. The monoisotopic (exact) mass is 289 g/mol. The molecule has 5 nitrogen and oxygen atoms in total. The fourth-order valence-corrected chi connectivity index (χ4v) is 3.34. The molecule has 2 aromatic heterocycles. The third-order valence-corrected chi connectivity index (χ3v) is 4.74. The molecule has 0 bridgehead atoms. The Morgan fingerprint density at radius 3 is 2.75 bits per heavy atom. The maximum atomic E-state index is 9.19. The van der Waals surface area contributed by atoms with Gasteiger partial charge in [0, 0.05) is 50.5 Å². The summed E-state index contributed by atoms with van der Waals surface area (Å²) < 4.78 is 2.08. The van der Waals surface area contributed by atoms with Crippen molar-refractivity contribution in [3.8, 4) is 6.07 Å². The van der Waals surface area contributed by atoms with Crippen molar-refractivity contribution in [3.63, 3.8) is 0 Å². The maximum absolute atomic E-state index is 9.19. The van der Waals surface area contributed by atoms with Gasteiger partial charge in [-0.1, -0.05) is 0 Å². The van der Waals surface area contributed by atoms with E-state index in [2.05, 4.69) is 36.8 Å². The van der Waals surface area contributed by atoms with Gasteiger partial charge < -0.3 is 0 Å². The second kappa shape index (κ2) is 5.17. The maximum Gasteiger partial charge on any atom is 0.193 e. The van der Waals surface area contributed by atoms with Crippen molar-refractivity contribution >= 4 is 16.3 Å². The normalized spacial score (nSPS) is 18.4. The average Bonchev–Trinajstić information content (AvgIpc) is 3.00. The standard InChI is InChI=1S/C14H19N5S/c1-14(2,11-15)19-5-3-17(4-6-19)9-12-10-18-7-8-20-13(18)16-12/h7-8,10H,3-6,9H2,1-2H3. The zero-order valence-corrected chi connectivity index (χ0v) is 12.7. The van der Waals surface area contributed by atoms with Gasteiger partial charge in [0.1, 0.15) is 5.54 Å². The van der Waals surface area contributed by atoms with Gasteiger partial charge in [-0.05, 0) is 13.8 Å². The summed E-state index contributed by atoms with van der Waals surface area (Å²) in [5.74, 6) is 0. The summed E-state index contributed by atoms with van der Waals surface area (Å²) >= 11 is 1.67. The van der Waals surface area contributed by atoms with Crippen LogP contribution in [0.5, 0.6) is 0 Å². The van der Waals surface area contributed by atoms with Crippen LogP contribution in [0.3, 0.4) is 0 Å². The number of rotatable bonds is 3. The Kier molecular flexibility index (Phi) is 3.50. The molecule has 106 valence electrons. The fraction of sp³-hybridized carbons (Fsp3) is 0.571. The van der Waals surface area contributed by atoms with Crippen molar-refractivity contribution in [3.05, 3.63) is 23.5 Å². The Morgan fingerprint density at radius 1 is 1.35 bits per heavy atom. The molecule has 0 saturated carbocycles. The molecule has 20 heavy (non-hydrogen) atoms. The van der Waals surface area contributed by atoms with Crippen molar-refractivity contribution in [2.24, 2.45) is 0 Å². The summed E-state index contributed by atoms with van der Waals surface area (Å²) in [7, 11) is 0. The van der Waals surface area contributed by atoms with Crippen LogP contribution in [-0.4, -0.2) is 50.9 Å². The van der Waals surface area contributed by atoms with Gasteiger partial charge in [0.25, 0.3) is 0 Å². The van der Waals surface area contributed by atoms with Crippen molar-refractivity contribution in [2.75, 3.05) is 26.2 Å². The van der Waals surface area contributed by atoms with E-state index in [1.807, 2.05) is 20.0 Å². The first-order chi connectivity index (χ1) is 9.58. The molecule has 1 aliphatic heterocycles. The number of hydrogen-bond donors (Lipinski definition) is 0. The van der Waals surface area contributed by atoms with E-state index in [1.54, 1.807) is 11.3 Å². The Bertz CT molecular complexity index is 599. The predicted molar refractivity (Wildman–Crippen MR) is 79.6 cm³/mol. The third-order valence-electron chi connectivity index (χ3n) is 3.97. The van der Waals surface area contributed by atoms with E-state index in [4.69, 9.17) is 0 Å². The summed E-state index contributed by atoms with van der Waals surface area (Å²) in [5.41, 5.74) is 0.771. The molecule has 2 aromatic rings. The molecule has 0 aliphatic carbocycles. The molecule has 1 fully saturated rings. The van der Waals surface area contributed by atoms with Crippen LogP contribution in [0.25, 0.3) is 4.96 Å². The number of nitriles is 1. The van der Waals surface area contributed by atoms with Gasteiger partial charge in [0.05, 0.1) is 11.8 Å². The average molecular weight is 289 g/mol. The lowest BCUT2D eigenvalue weighted by Crippen LogP contribution is -2.53. The first kappa shape index (κ1) is 13.6. The van der Waals surface area contributed by atoms with E-state index in [0.29, 0.717) is 0 Å². The number of thiazole rings is 1. The molecule has 1 saturated heterocycles. The van der Waals surface area contributed by atoms with E-state index < -0.39 is 0 Å². The minimum Gasteiger partial charge on any atom is -0.297 e. The largest absolute Gasteiger partial charge is 0.297 e. The quantitative estimate of drug-likeness (QED) is 0.864. The molecular formula is C14H19N5S. The molecule has 1 aliphatic rings. The van der Waals surface area contributed by atoms with Crippen LogP contribution in [0.1, 0.15) is 19.5 Å². The van der Waals surface area contributed by atoms with Gasteiger partial charge in [-0.25, -0.2) is 4.98 Å². The van der Waals surface area contributed by atoms with Crippen LogP contribution >= 0.6 is 11.3 Å². The van der Waals surface area contributed by atoms with E-state index in [0.717, 1.165) is 43.4 Å². The highest BCUT2D eigenvalue weighted by atomic mass is 32.1. The minimum atomic E-state index is -0.358. The number of piperazine rings is 1. The van der Waals surface area contributed by atoms with Crippen LogP contribution in [0, 0.1) is 11.3 Å². The van der Waals surface area contributed by atoms with E-state index in [-0.39, 0.29) is 5.54 Å². The highest BCUT2D eigenvalue weighted by Gasteiger charge is 2.29. The van der Waals surface area contributed by atoms with Crippen molar-refractivity contribution in [1.29, 1.82) is 5.26 Å². The van der Waals surface area contributed by atoms with E-state index in [9.17, 15) is 5.26 Å². The highest BCUT2D eigenvalue weighted by Crippen LogP contribution is 2.18. The number of aromatic nitrogens is 2. The van der Waals surface area contributed by atoms with Crippen LogP contribution in [-0.2, 0) is 6.54 Å². The number of imidazole rings is 1. The SMILES string of the molecule is CC(C)(C#N)N1CCN(Cc2cn3ccsc3n2)CC1. The lowest BCUT2D eigenvalue weighted by molar-refractivity contribution is 0.0758. The fourth-order valence-electron chi connectivity index (χ4n) is 2.62. The Balaban J connectivity index is 1.59. The van der Waals surface area contributed by atoms with E-state index >= 15 is 0 Å². The first-order valence-corrected chi connectivity index (χ1v) is 7.76. The number of fused-ring (bicyclic) bond motifs is 1. The molecule has 0 spiro atoms. The summed E-state index contributed by atoms with van der Waals surface area (Å²) in [6.45, 7) is 8.77. The zero-order valence-electron chi connectivity index (χ0n) is 11.9. The molecule has 0 amide bonds. The van der Waals surface area contributed by atoms with Gasteiger partial charge in [-0.3, -0.25) is 14.2 Å². The number of hydrogen-bond acceptors (Lipinski definition) is 5. The van der Waals surface area contributed by atoms with Crippen molar-refractivity contribution in [2.45, 2.75) is 25.9 Å². The summed E-state index contributed by atoms with van der Waals surface area (Å²) in [6, 6.07) is 2.38. The first-order valence-electron chi connectivity index (χ1n) is 6.88. The smallest absolute Gasteiger partial charge is 0.193 e.